The van der Waals surface area contributed by atoms with Crippen molar-refractivity contribution in [3.05, 3.63) is 63.9 Å². The zero-order valence-electron chi connectivity index (χ0n) is 9.90. The van der Waals surface area contributed by atoms with E-state index in [4.69, 9.17) is 22.7 Å². The van der Waals surface area contributed by atoms with Crippen LogP contribution in [-0.2, 0) is 6.61 Å². The lowest BCUT2D eigenvalue weighted by Crippen LogP contribution is -2.13. The number of benzene rings is 2. The van der Waals surface area contributed by atoms with E-state index >= 15 is 0 Å². The quantitative estimate of drug-likeness (QED) is 0.860. The average molecular weight is 340 g/mol. The Kier molecular flexibility index (Phi) is 4.50. The van der Waals surface area contributed by atoms with Crippen LogP contribution in [0.15, 0.2) is 46.9 Å². The molecule has 0 aliphatic heterocycles. The van der Waals surface area contributed by atoms with E-state index in [-0.39, 0.29) is 17.2 Å². The van der Waals surface area contributed by atoms with Crippen LogP contribution in [0.3, 0.4) is 0 Å². The highest BCUT2D eigenvalue weighted by atomic mass is 79.9. The van der Waals surface area contributed by atoms with Crippen molar-refractivity contribution in [1.29, 1.82) is 0 Å². The zero-order chi connectivity index (χ0) is 13.8. The van der Waals surface area contributed by atoms with E-state index in [0.29, 0.717) is 11.3 Å². The summed E-state index contributed by atoms with van der Waals surface area (Å²) in [4.78, 5) is 0.0433. The molecule has 0 heterocycles. The lowest BCUT2D eigenvalue weighted by atomic mass is 10.1. The third-order valence-electron chi connectivity index (χ3n) is 2.53. The Labute approximate surface area is 124 Å². The SMILES string of the molecule is NC(=S)c1cccc(COc2cccc(Br)c2)c1F. The minimum absolute atomic E-state index is 0.0433. The lowest BCUT2D eigenvalue weighted by molar-refractivity contribution is 0.299. The van der Waals surface area contributed by atoms with Gasteiger partial charge in [-0.15, -0.1) is 0 Å². The third kappa shape index (κ3) is 3.52. The van der Waals surface area contributed by atoms with Gasteiger partial charge in [0.05, 0.1) is 0 Å². The minimum atomic E-state index is -0.426. The maximum atomic E-state index is 14.0. The van der Waals surface area contributed by atoms with Gasteiger partial charge < -0.3 is 10.5 Å². The fourth-order valence-electron chi connectivity index (χ4n) is 1.60. The van der Waals surface area contributed by atoms with Crippen molar-refractivity contribution >= 4 is 33.1 Å². The molecular weight excluding hydrogens is 329 g/mol. The highest BCUT2D eigenvalue weighted by Crippen LogP contribution is 2.20. The first kappa shape index (κ1) is 14.0. The molecule has 2 aromatic rings. The summed E-state index contributed by atoms with van der Waals surface area (Å²) in [5.41, 5.74) is 6.12. The second-order valence-electron chi connectivity index (χ2n) is 3.89. The standard InChI is InChI=1S/C14H11BrFNOS/c15-10-4-2-5-11(7-10)18-8-9-3-1-6-12(13(9)16)14(17)19/h1-7H,8H2,(H2,17,19). The lowest BCUT2D eigenvalue weighted by Gasteiger charge is -2.09. The number of nitrogens with two attached hydrogens (primary N) is 1. The molecule has 2 aromatic carbocycles. The van der Waals surface area contributed by atoms with Crippen molar-refractivity contribution in [3.63, 3.8) is 0 Å². The molecule has 19 heavy (non-hydrogen) atoms. The third-order valence-corrected chi connectivity index (χ3v) is 3.25. The summed E-state index contributed by atoms with van der Waals surface area (Å²) in [5.74, 6) is 0.236. The van der Waals surface area contributed by atoms with Crippen LogP contribution in [0.25, 0.3) is 0 Å². The Hall–Kier alpha value is -1.46. The van der Waals surface area contributed by atoms with Gasteiger partial charge in [0.1, 0.15) is 23.2 Å². The molecule has 2 N–H and O–H groups in total. The van der Waals surface area contributed by atoms with Gasteiger partial charge in [-0.2, -0.15) is 0 Å². The highest BCUT2D eigenvalue weighted by molar-refractivity contribution is 9.10. The second kappa shape index (κ2) is 6.12. The van der Waals surface area contributed by atoms with Gasteiger partial charge in [0.15, 0.2) is 0 Å². The predicted octanol–water partition coefficient (Wildman–Crippen LogP) is 3.80. The molecular formula is C14H11BrFNOS. The summed E-state index contributed by atoms with van der Waals surface area (Å²) in [6.45, 7) is 0.124. The number of rotatable bonds is 4. The molecule has 0 aliphatic carbocycles. The van der Waals surface area contributed by atoms with Crippen LogP contribution in [0, 0.1) is 5.82 Å². The number of halogens is 2. The van der Waals surface area contributed by atoms with E-state index in [2.05, 4.69) is 15.9 Å². The van der Waals surface area contributed by atoms with Crippen molar-refractivity contribution in [2.24, 2.45) is 5.73 Å². The highest BCUT2D eigenvalue weighted by Gasteiger charge is 2.10. The van der Waals surface area contributed by atoms with Crippen molar-refractivity contribution in [2.45, 2.75) is 6.61 Å². The van der Waals surface area contributed by atoms with Crippen LogP contribution in [0.2, 0.25) is 0 Å². The molecule has 5 heteroatoms. The van der Waals surface area contributed by atoms with E-state index in [1.54, 1.807) is 24.3 Å². The van der Waals surface area contributed by atoms with E-state index in [0.717, 1.165) is 4.47 Å². The first-order chi connectivity index (χ1) is 9.08. The molecule has 0 saturated heterocycles. The van der Waals surface area contributed by atoms with E-state index in [1.807, 2.05) is 18.2 Å². The van der Waals surface area contributed by atoms with Crippen LogP contribution in [0.5, 0.6) is 5.75 Å². The van der Waals surface area contributed by atoms with Gasteiger partial charge in [-0.1, -0.05) is 46.3 Å². The van der Waals surface area contributed by atoms with Crippen molar-refractivity contribution < 1.29 is 9.13 Å². The van der Waals surface area contributed by atoms with E-state index < -0.39 is 5.82 Å². The van der Waals surface area contributed by atoms with Gasteiger partial charge in [-0.25, -0.2) is 4.39 Å². The smallest absolute Gasteiger partial charge is 0.139 e. The number of thiocarbonyl (C=S) groups is 1. The Morgan fingerprint density at radius 3 is 2.68 bits per heavy atom. The molecule has 0 bridgehead atoms. The van der Waals surface area contributed by atoms with E-state index in [1.165, 1.54) is 0 Å². The molecule has 0 fully saturated rings. The zero-order valence-corrected chi connectivity index (χ0v) is 12.3. The fourth-order valence-corrected chi connectivity index (χ4v) is 2.14. The Balaban J connectivity index is 2.16. The Morgan fingerprint density at radius 1 is 1.26 bits per heavy atom. The summed E-state index contributed by atoms with van der Waals surface area (Å²) < 4.78 is 20.5. The van der Waals surface area contributed by atoms with Crippen LogP contribution in [0.1, 0.15) is 11.1 Å². The van der Waals surface area contributed by atoms with Gasteiger partial charge >= 0.3 is 0 Å². The molecule has 0 radical (unpaired) electrons. The summed E-state index contributed by atoms with van der Waals surface area (Å²) >= 11 is 8.14. The normalized spacial score (nSPS) is 10.2. The minimum Gasteiger partial charge on any atom is -0.489 e. The average Bonchev–Trinajstić information content (AvgIpc) is 2.37. The van der Waals surface area contributed by atoms with Gasteiger partial charge in [-0.3, -0.25) is 0 Å². The Bertz CT molecular complexity index is 618. The molecule has 0 atom stereocenters. The number of hydrogen-bond acceptors (Lipinski definition) is 2. The molecule has 0 spiro atoms. The summed E-state index contributed by atoms with van der Waals surface area (Å²) in [7, 11) is 0. The molecule has 0 saturated carbocycles. The number of hydrogen-bond donors (Lipinski definition) is 1. The van der Waals surface area contributed by atoms with Crippen LogP contribution in [-0.4, -0.2) is 4.99 Å². The van der Waals surface area contributed by atoms with Crippen LogP contribution in [0.4, 0.5) is 4.39 Å². The topological polar surface area (TPSA) is 35.2 Å². The van der Waals surface area contributed by atoms with Crippen molar-refractivity contribution in [3.8, 4) is 5.75 Å². The Morgan fingerprint density at radius 2 is 2.00 bits per heavy atom. The first-order valence-electron chi connectivity index (χ1n) is 5.53. The van der Waals surface area contributed by atoms with E-state index in [9.17, 15) is 4.39 Å². The molecule has 2 rings (SSSR count). The second-order valence-corrected chi connectivity index (χ2v) is 5.24. The summed E-state index contributed by atoms with van der Waals surface area (Å²) in [6, 6.07) is 12.3. The number of ether oxygens (including phenoxy) is 1. The van der Waals surface area contributed by atoms with Crippen LogP contribution < -0.4 is 10.5 Å². The van der Waals surface area contributed by atoms with Crippen molar-refractivity contribution in [2.75, 3.05) is 0 Å². The molecule has 98 valence electrons. The predicted molar refractivity (Wildman–Crippen MR) is 80.8 cm³/mol. The van der Waals surface area contributed by atoms with Gasteiger partial charge in [0.25, 0.3) is 0 Å². The molecule has 0 aromatic heterocycles. The van der Waals surface area contributed by atoms with Crippen LogP contribution >= 0.6 is 28.1 Å². The molecule has 0 unspecified atom stereocenters. The fraction of sp³-hybridized carbons (Fsp3) is 0.0714. The first-order valence-corrected chi connectivity index (χ1v) is 6.73. The molecule has 0 amide bonds. The summed E-state index contributed by atoms with van der Waals surface area (Å²) in [6.07, 6.45) is 0. The monoisotopic (exact) mass is 339 g/mol. The van der Waals surface area contributed by atoms with Gasteiger partial charge in [0.2, 0.25) is 0 Å². The maximum absolute atomic E-state index is 14.0. The summed E-state index contributed by atoms with van der Waals surface area (Å²) in [5, 5.41) is 0. The van der Waals surface area contributed by atoms with Gasteiger partial charge in [0, 0.05) is 15.6 Å². The van der Waals surface area contributed by atoms with Crippen molar-refractivity contribution in [1.82, 2.24) is 0 Å². The maximum Gasteiger partial charge on any atom is 0.139 e. The molecule has 0 aliphatic rings. The largest absolute Gasteiger partial charge is 0.489 e. The van der Waals surface area contributed by atoms with Gasteiger partial charge in [-0.05, 0) is 24.3 Å². The molecule has 2 nitrogen and oxygen atoms in total.